The molecule has 5 nitrogen and oxygen atoms in total. The molecule has 1 aromatic heterocycles. The summed E-state index contributed by atoms with van der Waals surface area (Å²) in [7, 11) is 0. The molecule has 0 aliphatic heterocycles. The highest BCUT2D eigenvalue weighted by molar-refractivity contribution is 6.03. The molecule has 1 amide bonds. The van der Waals surface area contributed by atoms with Crippen LogP contribution in [0.4, 0.5) is 13.2 Å². The third-order valence-corrected chi connectivity index (χ3v) is 3.71. The van der Waals surface area contributed by atoms with E-state index in [1.165, 1.54) is 18.3 Å². The fourth-order valence-corrected chi connectivity index (χ4v) is 2.49. The molecule has 1 heterocycles. The van der Waals surface area contributed by atoms with Crippen LogP contribution in [0.3, 0.4) is 0 Å². The molecular formula is C19H15F3N2O3. The van der Waals surface area contributed by atoms with Gasteiger partial charge in [0.15, 0.2) is 6.61 Å². The minimum atomic E-state index is -4.43. The number of alkyl halides is 3. The third-order valence-electron chi connectivity index (χ3n) is 3.71. The van der Waals surface area contributed by atoms with Crippen molar-refractivity contribution >= 4 is 16.7 Å². The molecule has 27 heavy (non-hydrogen) atoms. The molecule has 0 aliphatic carbocycles. The average Bonchev–Trinajstić information content (AvgIpc) is 2.64. The SMILES string of the molecule is NC(=O)c1ccc2ccccc2c1OCc1ccc(OCC(F)(F)F)nc1. The summed E-state index contributed by atoms with van der Waals surface area (Å²) in [6, 6.07) is 13.6. The Balaban J connectivity index is 1.77. The summed E-state index contributed by atoms with van der Waals surface area (Å²) < 4.78 is 46.8. The number of nitrogens with two attached hydrogens (primary N) is 1. The second-order valence-electron chi connectivity index (χ2n) is 5.72. The number of carbonyl (C=O) groups is 1. The van der Waals surface area contributed by atoms with Gasteiger partial charge in [-0.3, -0.25) is 4.79 Å². The lowest BCUT2D eigenvalue weighted by Gasteiger charge is -2.13. The van der Waals surface area contributed by atoms with Crippen molar-refractivity contribution in [2.24, 2.45) is 5.73 Å². The molecule has 0 radical (unpaired) electrons. The molecule has 2 N–H and O–H groups in total. The molecular weight excluding hydrogens is 361 g/mol. The van der Waals surface area contributed by atoms with Crippen LogP contribution in [0.2, 0.25) is 0 Å². The van der Waals surface area contributed by atoms with E-state index in [1.54, 1.807) is 12.1 Å². The van der Waals surface area contributed by atoms with Crippen LogP contribution in [0.25, 0.3) is 10.8 Å². The quantitative estimate of drug-likeness (QED) is 0.709. The number of halogens is 3. The maximum atomic E-state index is 12.1. The van der Waals surface area contributed by atoms with Crippen molar-refractivity contribution in [3.8, 4) is 11.6 Å². The van der Waals surface area contributed by atoms with Crippen molar-refractivity contribution in [3.63, 3.8) is 0 Å². The Bertz CT molecular complexity index is 957. The van der Waals surface area contributed by atoms with E-state index in [9.17, 15) is 18.0 Å². The van der Waals surface area contributed by atoms with E-state index in [-0.39, 0.29) is 18.1 Å². The summed E-state index contributed by atoms with van der Waals surface area (Å²) in [5, 5.41) is 1.61. The highest BCUT2D eigenvalue weighted by atomic mass is 19.4. The first-order valence-corrected chi connectivity index (χ1v) is 7.92. The number of pyridine rings is 1. The maximum absolute atomic E-state index is 12.1. The van der Waals surface area contributed by atoms with Crippen molar-refractivity contribution < 1.29 is 27.4 Å². The molecule has 3 rings (SSSR count). The Labute approximate surface area is 152 Å². The number of ether oxygens (including phenoxy) is 2. The number of benzene rings is 2. The summed E-state index contributed by atoms with van der Waals surface area (Å²) in [4.78, 5) is 15.5. The molecule has 0 fully saturated rings. The molecule has 8 heteroatoms. The van der Waals surface area contributed by atoms with Crippen LogP contribution in [-0.2, 0) is 6.61 Å². The van der Waals surface area contributed by atoms with Gasteiger partial charge in [-0.2, -0.15) is 13.2 Å². The van der Waals surface area contributed by atoms with Crippen LogP contribution in [-0.4, -0.2) is 23.7 Å². The molecule has 0 saturated heterocycles. The first kappa shape index (κ1) is 18.5. The predicted octanol–water partition coefficient (Wildman–Crippen LogP) is 3.85. The Morgan fingerprint density at radius 2 is 1.81 bits per heavy atom. The number of fused-ring (bicyclic) bond motifs is 1. The van der Waals surface area contributed by atoms with Crippen LogP contribution in [0.5, 0.6) is 11.6 Å². The third kappa shape index (κ3) is 4.66. The molecule has 140 valence electrons. The van der Waals surface area contributed by atoms with Gasteiger partial charge in [-0.25, -0.2) is 4.98 Å². The van der Waals surface area contributed by atoms with Crippen LogP contribution >= 0.6 is 0 Å². The molecule has 0 aliphatic rings. The van der Waals surface area contributed by atoms with Gasteiger partial charge in [-0.15, -0.1) is 0 Å². The molecule has 0 unspecified atom stereocenters. The Hall–Kier alpha value is -3.29. The Morgan fingerprint density at radius 1 is 1.04 bits per heavy atom. The van der Waals surface area contributed by atoms with E-state index in [0.717, 1.165) is 10.8 Å². The first-order valence-electron chi connectivity index (χ1n) is 7.92. The maximum Gasteiger partial charge on any atom is 0.422 e. The number of aromatic nitrogens is 1. The van der Waals surface area contributed by atoms with Gasteiger partial charge in [0.2, 0.25) is 5.88 Å². The Kier molecular flexibility index (Phi) is 5.16. The summed E-state index contributed by atoms with van der Waals surface area (Å²) in [6.45, 7) is -1.35. The standard InChI is InChI=1S/C19H15F3N2O3/c20-19(21,22)11-27-16-8-5-12(9-24-16)10-26-17-14-4-2-1-3-13(14)6-7-15(17)18(23)25/h1-9H,10-11H2,(H2,23,25). The van der Waals surface area contributed by atoms with Gasteiger partial charge in [0, 0.05) is 23.2 Å². The van der Waals surface area contributed by atoms with Crippen molar-refractivity contribution in [2.75, 3.05) is 6.61 Å². The van der Waals surface area contributed by atoms with Gasteiger partial charge in [0.1, 0.15) is 12.4 Å². The van der Waals surface area contributed by atoms with Crippen LogP contribution in [0.1, 0.15) is 15.9 Å². The molecule has 0 saturated carbocycles. The van der Waals surface area contributed by atoms with E-state index in [1.807, 2.05) is 24.3 Å². The monoisotopic (exact) mass is 376 g/mol. The number of carbonyl (C=O) groups excluding carboxylic acids is 1. The van der Waals surface area contributed by atoms with Crippen LogP contribution in [0.15, 0.2) is 54.7 Å². The second kappa shape index (κ2) is 7.53. The smallest absolute Gasteiger partial charge is 0.422 e. The minimum absolute atomic E-state index is 0.0564. The fraction of sp³-hybridized carbons (Fsp3) is 0.158. The van der Waals surface area contributed by atoms with Crippen LogP contribution in [0, 0.1) is 0 Å². The topological polar surface area (TPSA) is 74.4 Å². The molecule has 0 atom stereocenters. The lowest BCUT2D eigenvalue weighted by Crippen LogP contribution is -2.19. The molecule has 0 bridgehead atoms. The summed E-state index contributed by atoms with van der Waals surface area (Å²) >= 11 is 0. The number of nitrogens with zero attached hydrogens (tertiary/aromatic N) is 1. The number of amides is 1. The second-order valence-corrected chi connectivity index (χ2v) is 5.72. The lowest BCUT2D eigenvalue weighted by atomic mass is 10.0. The van der Waals surface area contributed by atoms with Crippen molar-refractivity contribution in [1.29, 1.82) is 0 Å². The number of rotatable bonds is 6. The highest BCUT2D eigenvalue weighted by Crippen LogP contribution is 2.30. The van der Waals surface area contributed by atoms with E-state index in [2.05, 4.69) is 9.72 Å². The Morgan fingerprint density at radius 3 is 2.48 bits per heavy atom. The zero-order valence-corrected chi connectivity index (χ0v) is 14.0. The van der Waals surface area contributed by atoms with Gasteiger partial charge < -0.3 is 15.2 Å². The van der Waals surface area contributed by atoms with E-state index in [0.29, 0.717) is 11.3 Å². The van der Waals surface area contributed by atoms with Crippen molar-refractivity contribution in [1.82, 2.24) is 4.98 Å². The lowest BCUT2D eigenvalue weighted by molar-refractivity contribution is -0.154. The van der Waals surface area contributed by atoms with Gasteiger partial charge in [-0.1, -0.05) is 30.3 Å². The summed E-state index contributed by atoms with van der Waals surface area (Å²) in [5.41, 5.74) is 6.26. The molecule has 0 spiro atoms. The van der Waals surface area contributed by atoms with E-state index >= 15 is 0 Å². The largest absolute Gasteiger partial charge is 0.487 e. The van der Waals surface area contributed by atoms with Gasteiger partial charge >= 0.3 is 6.18 Å². The van der Waals surface area contributed by atoms with E-state index in [4.69, 9.17) is 10.5 Å². The van der Waals surface area contributed by atoms with Crippen molar-refractivity contribution in [3.05, 3.63) is 65.9 Å². The first-order chi connectivity index (χ1) is 12.8. The minimum Gasteiger partial charge on any atom is -0.487 e. The number of hydrogen-bond donors (Lipinski definition) is 1. The fourth-order valence-electron chi connectivity index (χ4n) is 2.49. The highest BCUT2D eigenvalue weighted by Gasteiger charge is 2.28. The average molecular weight is 376 g/mol. The van der Waals surface area contributed by atoms with Gasteiger partial charge in [0.05, 0.1) is 5.56 Å². The van der Waals surface area contributed by atoms with Gasteiger partial charge in [0.25, 0.3) is 5.91 Å². The number of primary amides is 1. The van der Waals surface area contributed by atoms with E-state index < -0.39 is 18.7 Å². The van der Waals surface area contributed by atoms with Gasteiger partial charge in [-0.05, 0) is 17.5 Å². The van der Waals surface area contributed by atoms with Crippen LogP contribution < -0.4 is 15.2 Å². The predicted molar refractivity (Wildman–Crippen MR) is 92.6 cm³/mol. The zero-order valence-electron chi connectivity index (χ0n) is 14.0. The zero-order chi connectivity index (χ0) is 19.4. The summed E-state index contributed by atoms with van der Waals surface area (Å²) in [6.07, 6.45) is -3.08. The van der Waals surface area contributed by atoms with Crippen molar-refractivity contribution in [2.45, 2.75) is 12.8 Å². The molecule has 2 aromatic carbocycles. The summed E-state index contributed by atoms with van der Waals surface area (Å²) in [5.74, 6) is -0.415. The molecule has 3 aromatic rings. The number of hydrogen-bond acceptors (Lipinski definition) is 4. The normalized spacial score (nSPS) is 11.4.